The molecule has 0 radical (unpaired) electrons. The Morgan fingerprint density at radius 1 is 1.40 bits per heavy atom. The van der Waals surface area contributed by atoms with Gasteiger partial charge in [0.15, 0.2) is 0 Å². The van der Waals surface area contributed by atoms with Crippen LogP contribution in [0.4, 0.5) is 8.78 Å². The highest BCUT2D eigenvalue weighted by Crippen LogP contribution is 2.20. The van der Waals surface area contributed by atoms with Crippen molar-refractivity contribution in [3.8, 4) is 5.75 Å². The molecule has 3 nitrogen and oxygen atoms in total. The molecule has 1 rings (SSSR count). The van der Waals surface area contributed by atoms with Crippen LogP contribution in [0.2, 0.25) is 0 Å². The van der Waals surface area contributed by atoms with E-state index in [1.165, 1.54) is 18.2 Å². The van der Waals surface area contributed by atoms with E-state index in [0.717, 1.165) is 6.42 Å². The molecule has 0 aliphatic carbocycles. The number of halogens is 4. The number of ether oxygens (including phenoxy) is 1. The van der Waals surface area contributed by atoms with Crippen LogP contribution >= 0.6 is 31.9 Å². The first-order valence-corrected chi connectivity index (χ1v) is 8.20. The number of amides is 1. The Morgan fingerprint density at radius 3 is 2.55 bits per heavy atom. The van der Waals surface area contributed by atoms with Crippen LogP contribution in [0, 0.1) is 0 Å². The van der Waals surface area contributed by atoms with E-state index in [-0.39, 0.29) is 17.2 Å². The summed E-state index contributed by atoms with van der Waals surface area (Å²) in [4.78, 5) is 12.2. The Balaban J connectivity index is 2.86. The van der Waals surface area contributed by atoms with Gasteiger partial charge in [-0.1, -0.05) is 44.8 Å². The molecule has 1 N–H and O–H groups in total. The predicted octanol–water partition coefficient (Wildman–Crippen LogP) is 3.96. The zero-order valence-corrected chi connectivity index (χ0v) is 14.0. The van der Waals surface area contributed by atoms with Gasteiger partial charge in [0, 0.05) is 16.2 Å². The fraction of sp³-hybridized carbons (Fsp3) is 0.462. The minimum Gasteiger partial charge on any atom is -0.435 e. The lowest BCUT2D eigenvalue weighted by atomic mass is 10.0. The van der Waals surface area contributed by atoms with Crippen molar-refractivity contribution in [1.82, 2.24) is 5.32 Å². The van der Waals surface area contributed by atoms with Crippen LogP contribution in [0.25, 0.3) is 0 Å². The zero-order valence-electron chi connectivity index (χ0n) is 10.8. The third-order valence-electron chi connectivity index (χ3n) is 2.89. The van der Waals surface area contributed by atoms with Gasteiger partial charge in [-0.3, -0.25) is 4.79 Å². The van der Waals surface area contributed by atoms with E-state index >= 15 is 0 Å². The summed E-state index contributed by atoms with van der Waals surface area (Å²) in [5.41, 5.74) is -0.140. The van der Waals surface area contributed by atoms with Gasteiger partial charge in [-0.15, -0.1) is 0 Å². The van der Waals surface area contributed by atoms with Crippen molar-refractivity contribution >= 4 is 37.8 Å². The van der Waals surface area contributed by atoms with Gasteiger partial charge in [0.05, 0.1) is 5.54 Å². The molecule has 1 amide bonds. The monoisotopic (exact) mass is 413 g/mol. The van der Waals surface area contributed by atoms with Crippen LogP contribution in [-0.4, -0.2) is 28.7 Å². The summed E-state index contributed by atoms with van der Waals surface area (Å²) in [6, 6.07) is 5.73. The molecule has 0 aliphatic heterocycles. The van der Waals surface area contributed by atoms with Gasteiger partial charge in [-0.2, -0.15) is 8.78 Å². The first kappa shape index (κ1) is 17.4. The first-order valence-electron chi connectivity index (χ1n) is 5.95. The summed E-state index contributed by atoms with van der Waals surface area (Å²) in [6.45, 7) is -0.952. The van der Waals surface area contributed by atoms with Crippen LogP contribution in [0.1, 0.15) is 23.7 Å². The van der Waals surface area contributed by atoms with E-state index in [9.17, 15) is 13.6 Å². The summed E-state index contributed by atoms with van der Waals surface area (Å²) in [5, 5.41) is 4.07. The van der Waals surface area contributed by atoms with Crippen molar-refractivity contribution in [2.24, 2.45) is 0 Å². The van der Waals surface area contributed by atoms with Crippen molar-refractivity contribution in [3.05, 3.63) is 29.8 Å². The average Bonchev–Trinajstić information content (AvgIpc) is 2.44. The molecular formula is C13H15Br2F2NO2. The molecule has 112 valence electrons. The lowest BCUT2D eigenvalue weighted by molar-refractivity contribution is -0.0498. The number of alkyl halides is 4. The molecule has 0 saturated carbocycles. The highest BCUT2D eigenvalue weighted by Gasteiger charge is 2.28. The highest BCUT2D eigenvalue weighted by molar-refractivity contribution is 9.09. The quantitative estimate of drug-likeness (QED) is 0.686. The Labute approximate surface area is 133 Å². The van der Waals surface area contributed by atoms with E-state index < -0.39 is 12.2 Å². The molecular weight excluding hydrogens is 400 g/mol. The maximum absolute atomic E-state index is 12.2. The second-order valence-corrected chi connectivity index (χ2v) is 5.38. The van der Waals surface area contributed by atoms with Crippen LogP contribution in [0.5, 0.6) is 5.75 Å². The molecule has 0 bridgehead atoms. The molecule has 0 atom stereocenters. The van der Waals surface area contributed by atoms with Crippen molar-refractivity contribution in [2.45, 2.75) is 25.5 Å². The summed E-state index contributed by atoms with van der Waals surface area (Å²) >= 11 is 6.75. The summed E-state index contributed by atoms with van der Waals surface area (Å²) in [6.07, 6.45) is 0.725. The highest BCUT2D eigenvalue weighted by atomic mass is 79.9. The summed E-state index contributed by atoms with van der Waals surface area (Å²) < 4.78 is 28.6. The normalized spacial score (nSPS) is 11.5. The molecule has 0 heterocycles. The SMILES string of the molecule is CCC(CBr)(CBr)NC(=O)c1cccc(OC(F)F)c1. The van der Waals surface area contributed by atoms with Gasteiger partial charge in [-0.25, -0.2) is 0 Å². The Morgan fingerprint density at radius 2 is 2.05 bits per heavy atom. The van der Waals surface area contributed by atoms with Gasteiger partial charge in [-0.05, 0) is 24.6 Å². The molecule has 0 fully saturated rings. The van der Waals surface area contributed by atoms with Crippen LogP contribution < -0.4 is 10.1 Å². The Bertz CT molecular complexity index is 445. The minimum atomic E-state index is -2.91. The van der Waals surface area contributed by atoms with Crippen LogP contribution in [-0.2, 0) is 0 Å². The van der Waals surface area contributed by atoms with Gasteiger partial charge >= 0.3 is 6.61 Å². The Kier molecular flexibility index (Phi) is 6.88. The van der Waals surface area contributed by atoms with Crippen molar-refractivity contribution in [1.29, 1.82) is 0 Å². The van der Waals surface area contributed by atoms with Crippen molar-refractivity contribution in [2.75, 3.05) is 10.7 Å². The average molecular weight is 415 g/mol. The number of hydrogen-bond acceptors (Lipinski definition) is 2. The summed E-state index contributed by atoms with van der Waals surface area (Å²) in [7, 11) is 0. The second kappa shape index (κ2) is 7.93. The van der Waals surface area contributed by atoms with E-state index in [1.807, 2.05) is 6.92 Å². The third kappa shape index (κ3) is 4.70. The number of carbonyl (C=O) groups is 1. The standard InChI is InChI=1S/C13H15Br2F2NO2/c1-2-13(7-14,8-15)18-11(19)9-4-3-5-10(6-9)20-12(16)17/h3-6,12H,2,7-8H2,1H3,(H,18,19). The van der Waals surface area contributed by atoms with Gasteiger partial charge in [0.2, 0.25) is 0 Å². The number of rotatable bonds is 7. The van der Waals surface area contributed by atoms with Gasteiger partial charge < -0.3 is 10.1 Å². The number of nitrogens with one attached hydrogen (secondary N) is 1. The minimum absolute atomic E-state index is 0.0348. The van der Waals surface area contributed by atoms with Gasteiger partial charge in [0.1, 0.15) is 5.75 Å². The van der Waals surface area contributed by atoms with Crippen LogP contribution in [0.3, 0.4) is 0 Å². The second-order valence-electron chi connectivity index (χ2n) is 4.26. The van der Waals surface area contributed by atoms with E-state index in [2.05, 4.69) is 41.9 Å². The Hall–Kier alpha value is -0.690. The number of carbonyl (C=O) groups excluding carboxylic acids is 1. The van der Waals surface area contributed by atoms with E-state index in [0.29, 0.717) is 10.7 Å². The molecule has 20 heavy (non-hydrogen) atoms. The molecule has 0 spiro atoms. The van der Waals surface area contributed by atoms with E-state index in [1.54, 1.807) is 6.07 Å². The largest absolute Gasteiger partial charge is 0.435 e. The third-order valence-corrected chi connectivity index (χ3v) is 5.04. The molecule has 0 unspecified atom stereocenters. The molecule has 0 aromatic heterocycles. The molecule has 1 aromatic carbocycles. The van der Waals surface area contributed by atoms with Crippen molar-refractivity contribution in [3.63, 3.8) is 0 Å². The number of benzene rings is 1. The lowest BCUT2D eigenvalue weighted by Gasteiger charge is -2.30. The molecule has 0 aliphatic rings. The molecule has 0 saturated heterocycles. The fourth-order valence-electron chi connectivity index (χ4n) is 1.51. The predicted molar refractivity (Wildman–Crippen MR) is 81.2 cm³/mol. The van der Waals surface area contributed by atoms with Gasteiger partial charge in [0.25, 0.3) is 5.91 Å². The zero-order chi connectivity index (χ0) is 15.2. The lowest BCUT2D eigenvalue weighted by Crippen LogP contribution is -2.51. The maximum atomic E-state index is 12.2. The number of hydrogen-bond donors (Lipinski definition) is 1. The van der Waals surface area contributed by atoms with Crippen LogP contribution in [0.15, 0.2) is 24.3 Å². The molecule has 7 heteroatoms. The van der Waals surface area contributed by atoms with Crippen molar-refractivity contribution < 1.29 is 18.3 Å². The smallest absolute Gasteiger partial charge is 0.387 e. The fourth-order valence-corrected chi connectivity index (χ4v) is 3.51. The maximum Gasteiger partial charge on any atom is 0.387 e. The summed E-state index contributed by atoms with van der Waals surface area (Å²) in [5.74, 6) is -0.363. The molecule has 1 aromatic rings. The first-order chi connectivity index (χ1) is 9.46. The van der Waals surface area contributed by atoms with E-state index in [4.69, 9.17) is 0 Å². The topological polar surface area (TPSA) is 38.3 Å².